The second-order valence-corrected chi connectivity index (χ2v) is 10.1. The monoisotopic (exact) mass is 595 g/mol. The number of hydrogen-bond donors (Lipinski definition) is 2. The van der Waals surface area contributed by atoms with Crippen LogP contribution in [0.1, 0.15) is 23.5 Å². The molecule has 1 aliphatic rings. The maximum atomic E-state index is 12.0. The second-order valence-electron chi connectivity index (χ2n) is 8.42. The maximum Gasteiger partial charge on any atom is 0.250 e. The zero-order valence-electron chi connectivity index (χ0n) is 19.8. The molecule has 7 nitrogen and oxygen atoms in total. The number of ether oxygens (including phenoxy) is 1. The van der Waals surface area contributed by atoms with Gasteiger partial charge in [-0.2, -0.15) is 0 Å². The van der Waals surface area contributed by atoms with Gasteiger partial charge in [-0.25, -0.2) is 0 Å². The van der Waals surface area contributed by atoms with Crippen LogP contribution in [-0.4, -0.2) is 34.3 Å². The van der Waals surface area contributed by atoms with Crippen molar-refractivity contribution in [2.75, 3.05) is 23.9 Å². The van der Waals surface area contributed by atoms with E-state index in [4.69, 9.17) is 28.6 Å². The zero-order chi connectivity index (χ0) is 25.9. The topological polar surface area (TPSA) is 71.4 Å². The van der Waals surface area contributed by atoms with Gasteiger partial charge in [0.05, 0.1) is 22.4 Å². The molecule has 1 amide bonds. The summed E-state index contributed by atoms with van der Waals surface area (Å²) < 4.78 is 8.03. The van der Waals surface area contributed by atoms with Crippen LogP contribution >= 0.6 is 39.7 Å². The highest BCUT2D eigenvalue weighted by atomic mass is 79.9. The molecule has 1 saturated heterocycles. The summed E-state index contributed by atoms with van der Waals surface area (Å²) in [5.41, 5.74) is 4.20. The van der Waals surface area contributed by atoms with Gasteiger partial charge in [-0.3, -0.25) is 9.78 Å². The molecule has 188 valence electrons. The molecule has 3 heterocycles. The standard InChI is InChI=1S/C27H23BrClN5O2S/c1-36-16-24(35)31-21-11-10-19(15-20(21)29)34-26(25(32-27(34)37)22-8-2-3-12-30-22)23-9-5-13-33(23)18-7-4-6-17(28)14-18/h2-15,25-26H,16H2,1H3,(H,31,35)(H,32,37)/t25-,26+/m1/s1. The van der Waals surface area contributed by atoms with E-state index in [1.165, 1.54) is 7.11 Å². The fourth-order valence-electron chi connectivity index (χ4n) is 4.50. The number of nitrogens with zero attached hydrogens (tertiary/aromatic N) is 3. The van der Waals surface area contributed by atoms with Crippen LogP contribution in [0.5, 0.6) is 0 Å². The van der Waals surface area contributed by atoms with Crippen LogP contribution in [0.4, 0.5) is 11.4 Å². The van der Waals surface area contributed by atoms with Crippen LogP contribution < -0.4 is 15.5 Å². The first-order valence-corrected chi connectivity index (χ1v) is 13.1. The van der Waals surface area contributed by atoms with E-state index in [0.29, 0.717) is 15.8 Å². The minimum Gasteiger partial charge on any atom is -0.375 e. The molecule has 2 atom stereocenters. The molecule has 10 heteroatoms. The highest BCUT2D eigenvalue weighted by molar-refractivity contribution is 9.10. The zero-order valence-corrected chi connectivity index (χ0v) is 22.9. The first-order chi connectivity index (χ1) is 18.0. The summed E-state index contributed by atoms with van der Waals surface area (Å²) in [6.45, 7) is -0.0569. The number of carbonyl (C=O) groups is 1. The van der Waals surface area contributed by atoms with E-state index in [-0.39, 0.29) is 24.6 Å². The lowest BCUT2D eigenvalue weighted by Crippen LogP contribution is -2.30. The van der Waals surface area contributed by atoms with Crippen molar-refractivity contribution in [1.82, 2.24) is 14.9 Å². The molecule has 0 aliphatic carbocycles. The molecule has 0 unspecified atom stereocenters. The van der Waals surface area contributed by atoms with E-state index in [9.17, 15) is 4.79 Å². The molecular weight excluding hydrogens is 574 g/mol. The summed E-state index contributed by atoms with van der Waals surface area (Å²) in [4.78, 5) is 18.7. The molecule has 4 aromatic rings. The Balaban J connectivity index is 1.59. The maximum absolute atomic E-state index is 12.0. The number of nitrogens with one attached hydrogen (secondary N) is 2. The Labute approximate surface area is 233 Å². The molecule has 2 aromatic carbocycles. The third kappa shape index (κ3) is 5.26. The normalized spacial score (nSPS) is 17.1. The lowest BCUT2D eigenvalue weighted by Gasteiger charge is -2.29. The summed E-state index contributed by atoms with van der Waals surface area (Å²) >= 11 is 16.0. The quantitative estimate of drug-likeness (QED) is 0.253. The molecule has 2 N–H and O–H groups in total. The summed E-state index contributed by atoms with van der Waals surface area (Å²) in [5.74, 6) is -0.282. The predicted octanol–water partition coefficient (Wildman–Crippen LogP) is 6.05. The van der Waals surface area contributed by atoms with Gasteiger partial charge < -0.3 is 24.8 Å². The summed E-state index contributed by atoms with van der Waals surface area (Å²) in [5, 5.41) is 7.19. The second kappa shape index (κ2) is 11.0. The number of thiocarbonyl (C=S) groups is 1. The van der Waals surface area contributed by atoms with Crippen LogP contribution in [0, 0.1) is 0 Å². The van der Waals surface area contributed by atoms with E-state index in [1.54, 1.807) is 18.3 Å². The molecule has 0 bridgehead atoms. The molecule has 1 aliphatic heterocycles. The van der Waals surface area contributed by atoms with Crippen LogP contribution in [0.3, 0.4) is 0 Å². The highest BCUT2D eigenvalue weighted by Crippen LogP contribution is 2.43. The summed E-state index contributed by atoms with van der Waals surface area (Å²) in [6.07, 6.45) is 3.81. The largest absolute Gasteiger partial charge is 0.375 e. The Hall–Kier alpha value is -3.24. The Morgan fingerprint density at radius 2 is 2.00 bits per heavy atom. The van der Waals surface area contributed by atoms with Crippen LogP contribution in [-0.2, 0) is 9.53 Å². The average Bonchev–Trinajstić information content (AvgIpc) is 3.50. The number of halogens is 2. The van der Waals surface area contributed by atoms with Crippen molar-refractivity contribution in [1.29, 1.82) is 0 Å². The number of amides is 1. The van der Waals surface area contributed by atoms with Crippen LogP contribution in [0.15, 0.2) is 89.7 Å². The SMILES string of the molecule is COCC(=O)Nc1ccc(N2C(=S)N[C@H](c3ccccn3)[C@@H]2c2cccn2-c2cccc(Br)c2)cc1Cl. The molecule has 0 radical (unpaired) electrons. The van der Waals surface area contributed by atoms with E-state index in [0.717, 1.165) is 27.2 Å². The molecule has 0 saturated carbocycles. The van der Waals surface area contributed by atoms with Crippen LogP contribution in [0.25, 0.3) is 5.69 Å². The van der Waals surface area contributed by atoms with Gasteiger partial charge in [-0.15, -0.1) is 0 Å². The number of pyridine rings is 1. The van der Waals surface area contributed by atoms with Crippen molar-refractivity contribution in [3.8, 4) is 5.69 Å². The van der Waals surface area contributed by atoms with Crippen molar-refractivity contribution >= 4 is 62.1 Å². The molecule has 2 aromatic heterocycles. The molecule has 0 spiro atoms. The fraction of sp³-hybridized carbons (Fsp3) is 0.148. The number of anilines is 2. The highest BCUT2D eigenvalue weighted by Gasteiger charge is 2.42. The van der Waals surface area contributed by atoms with Crippen LogP contribution in [0.2, 0.25) is 5.02 Å². The van der Waals surface area contributed by atoms with Crippen molar-refractivity contribution in [3.05, 3.63) is 106 Å². The average molecular weight is 597 g/mol. The number of hydrogen-bond acceptors (Lipinski definition) is 4. The Bertz CT molecular complexity index is 1450. The van der Waals surface area contributed by atoms with Gasteiger partial charge in [0.2, 0.25) is 5.91 Å². The van der Waals surface area contributed by atoms with Gasteiger partial charge in [0.1, 0.15) is 12.6 Å². The van der Waals surface area contributed by atoms with Gasteiger partial charge in [-0.05, 0) is 72.9 Å². The number of benzene rings is 2. The molecule has 1 fully saturated rings. The Morgan fingerprint density at radius 3 is 2.73 bits per heavy atom. The van der Waals surface area contributed by atoms with Gasteiger partial charge in [0, 0.05) is 41.0 Å². The Morgan fingerprint density at radius 1 is 1.14 bits per heavy atom. The van der Waals surface area contributed by atoms with Gasteiger partial charge in [-0.1, -0.05) is 39.7 Å². The number of rotatable bonds is 7. The molecular formula is C27H23BrClN5O2S. The number of carbonyl (C=O) groups excluding carboxylic acids is 1. The van der Waals surface area contributed by atoms with Crippen molar-refractivity contribution in [2.24, 2.45) is 0 Å². The smallest absolute Gasteiger partial charge is 0.250 e. The van der Waals surface area contributed by atoms with Crippen molar-refractivity contribution in [2.45, 2.75) is 12.1 Å². The third-order valence-electron chi connectivity index (χ3n) is 6.05. The first kappa shape index (κ1) is 25.4. The third-order valence-corrected chi connectivity index (χ3v) is 7.17. The lowest BCUT2D eigenvalue weighted by atomic mass is 10.0. The first-order valence-electron chi connectivity index (χ1n) is 11.5. The van der Waals surface area contributed by atoms with Gasteiger partial charge in [0.25, 0.3) is 0 Å². The van der Waals surface area contributed by atoms with E-state index in [2.05, 4.69) is 54.3 Å². The predicted molar refractivity (Wildman–Crippen MR) is 153 cm³/mol. The number of aromatic nitrogens is 2. The summed E-state index contributed by atoms with van der Waals surface area (Å²) in [7, 11) is 1.47. The minimum absolute atomic E-state index is 0.0569. The fourth-order valence-corrected chi connectivity index (χ4v) is 5.46. The number of methoxy groups -OCH3 is 1. The van der Waals surface area contributed by atoms with E-state index in [1.807, 2.05) is 53.6 Å². The Kier molecular flexibility index (Phi) is 7.57. The molecule has 37 heavy (non-hydrogen) atoms. The lowest BCUT2D eigenvalue weighted by molar-refractivity contribution is -0.119. The van der Waals surface area contributed by atoms with Crippen molar-refractivity contribution in [3.63, 3.8) is 0 Å². The summed E-state index contributed by atoms with van der Waals surface area (Å²) in [6, 6.07) is 23.1. The van der Waals surface area contributed by atoms with Crippen molar-refractivity contribution < 1.29 is 9.53 Å². The van der Waals surface area contributed by atoms with Gasteiger partial charge >= 0.3 is 0 Å². The van der Waals surface area contributed by atoms with E-state index >= 15 is 0 Å². The minimum atomic E-state index is -0.282. The van der Waals surface area contributed by atoms with Gasteiger partial charge in [0.15, 0.2) is 5.11 Å². The van der Waals surface area contributed by atoms with E-state index < -0.39 is 0 Å². The molecule has 5 rings (SSSR count).